The van der Waals surface area contributed by atoms with Crippen molar-refractivity contribution in [1.82, 2.24) is 4.72 Å². The number of nitrogens with one attached hydrogen (secondary N) is 2. The van der Waals surface area contributed by atoms with E-state index in [9.17, 15) is 13.2 Å². The number of sulfonamides is 1. The number of benzene rings is 2. The predicted octanol–water partition coefficient (Wildman–Crippen LogP) is 4.04. The number of carbonyl (C=O) groups excluding carboxylic acids is 1. The number of anilines is 1. The smallest absolute Gasteiger partial charge is 0.262 e. The van der Waals surface area contributed by atoms with Crippen molar-refractivity contribution in [2.45, 2.75) is 51.3 Å². The number of amides is 1. The first-order valence-electron chi connectivity index (χ1n) is 9.97. The van der Waals surface area contributed by atoms with E-state index < -0.39 is 10.0 Å². The third-order valence-electron chi connectivity index (χ3n) is 4.41. The molecule has 0 saturated heterocycles. The number of carbonyl (C=O) groups is 1. The molecule has 0 unspecified atom stereocenters. The fourth-order valence-corrected chi connectivity index (χ4v) is 3.97. The van der Waals surface area contributed by atoms with E-state index in [-0.39, 0.29) is 17.4 Å². The molecule has 0 heterocycles. The van der Waals surface area contributed by atoms with Crippen LogP contribution in [-0.2, 0) is 21.2 Å². The van der Waals surface area contributed by atoms with Crippen molar-refractivity contribution in [2.75, 3.05) is 18.5 Å². The van der Waals surface area contributed by atoms with Gasteiger partial charge >= 0.3 is 0 Å². The van der Waals surface area contributed by atoms with E-state index in [0.717, 1.165) is 31.4 Å². The molecule has 0 radical (unpaired) electrons. The van der Waals surface area contributed by atoms with E-state index in [0.29, 0.717) is 17.9 Å². The monoisotopic (exact) mass is 418 g/mol. The van der Waals surface area contributed by atoms with Gasteiger partial charge in [0, 0.05) is 12.2 Å². The van der Waals surface area contributed by atoms with Crippen molar-refractivity contribution in [2.24, 2.45) is 0 Å². The maximum atomic E-state index is 12.2. The molecule has 2 aromatic carbocycles. The Hall–Kier alpha value is -2.38. The van der Waals surface area contributed by atoms with Crippen LogP contribution in [0.3, 0.4) is 0 Å². The summed E-state index contributed by atoms with van der Waals surface area (Å²) in [5.74, 6) is 0.205. The molecule has 0 aromatic heterocycles. The molecule has 0 spiro atoms. The van der Waals surface area contributed by atoms with Gasteiger partial charge in [-0.3, -0.25) is 4.79 Å². The van der Waals surface area contributed by atoms with Crippen LogP contribution in [0.2, 0.25) is 0 Å². The summed E-state index contributed by atoms with van der Waals surface area (Å²) in [7, 11) is -3.53. The Morgan fingerprint density at radius 3 is 2.38 bits per heavy atom. The second-order valence-corrected chi connectivity index (χ2v) is 8.73. The van der Waals surface area contributed by atoms with Crippen LogP contribution in [0.15, 0.2) is 47.4 Å². The first-order valence-corrected chi connectivity index (χ1v) is 11.5. The third-order valence-corrected chi connectivity index (χ3v) is 5.87. The van der Waals surface area contributed by atoms with Gasteiger partial charge in [0.2, 0.25) is 10.0 Å². The number of rotatable bonds is 11. The molecule has 0 aliphatic rings. The number of unbranched alkanes of at least 4 members (excludes halogenated alkanes) is 1. The average Bonchev–Trinajstić information content (AvgIpc) is 2.71. The van der Waals surface area contributed by atoms with Crippen LogP contribution < -0.4 is 14.8 Å². The summed E-state index contributed by atoms with van der Waals surface area (Å²) in [4.78, 5) is 12.3. The molecule has 0 aliphatic heterocycles. The highest BCUT2D eigenvalue weighted by Crippen LogP contribution is 2.22. The quantitative estimate of drug-likeness (QED) is 0.577. The largest absolute Gasteiger partial charge is 0.483 e. The average molecular weight is 419 g/mol. The van der Waals surface area contributed by atoms with Gasteiger partial charge in [-0.1, -0.05) is 32.4 Å². The molecule has 29 heavy (non-hydrogen) atoms. The van der Waals surface area contributed by atoms with Gasteiger partial charge in [0.05, 0.1) is 4.90 Å². The maximum Gasteiger partial charge on any atom is 0.262 e. The second-order valence-electron chi connectivity index (χ2n) is 6.96. The fourth-order valence-electron chi connectivity index (χ4n) is 2.75. The lowest BCUT2D eigenvalue weighted by Gasteiger charge is -2.12. The van der Waals surface area contributed by atoms with Crippen LogP contribution in [0.1, 0.15) is 44.2 Å². The zero-order valence-electron chi connectivity index (χ0n) is 17.3. The minimum absolute atomic E-state index is 0.154. The third kappa shape index (κ3) is 7.18. The fraction of sp³-hybridized carbons (Fsp3) is 0.409. The van der Waals surface area contributed by atoms with E-state index in [2.05, 4.69) is 17.0 Å². The van der Waals surface area contributed by atoms with Crippen LogP contribution in [0.5, 0.6) is 5.75 Å². The van der Waals surface area contributed by atoms with Gasteiger partial charge in [-0.15, -0.1) is 0 Å². The summed E-state index contributed by atoms with van der Waals surface area (Å²) in [5.41, 5.74) is 2.62. The predicted molar refractivity (Wildman–Crippen MR) is 116 cm³/mol. The molecular weight excluding hydrogens is 388 g/mol. The molecule has 0 saturated carbocycles. The molecule has 0 fully saturated rings. The zero-order chi connectivity index (χ0) is 21.3. The Morgan fingerprint density at radius 2 is 1.76 bits per heavy atom. The number of hydrogen-bond acceptors (Lipinski definition) is 4. The minimum atomic E-state index is -3.53. The Balaban J connectivity index is 1.91. The van der Waals surface area contributed by atoms with Gasteiger partial charge in [0.1, 0.15) is 5.75 Å². The van der Waals surface area contributed by atoms with Crippen LogP contribution >= 0.6 is 0 Å². The molecule has 2 aromatic rings. The molecule has 0 aliphatic carbocycles. The van der Waals surface area contributed by atoms with Crippen LogP contribution in [0, 0.1) is 6.92 Å². The highest BCUT2D eigenvalue weighted by atomic mass is 32.2. The molecule has 1 amide bonds. The zero-order valence-corrected chi connectivity index (χ0v) is 18.1. The standard InChI is InChI=1S/C22H30N2O4S/c1-4-6-7-18-8-10-19(11-9-18)24-22(25)16-28-21-13-12-20(15-17(21)3)29(26,27)23-14-5-2/h8-13,15,23H,4-7,14,16H2,1-3H3,(H,24,25). The van der Waals surface area contributed by atoms with Crippen molar-refractivity contribution in [3.8, 4) is 5.75 Å². The molecule has 6 nitrogen and oxygen atoms in total. The van der Waals surface area contributed by atoms with Crippen molar-refractivity contribution in [3.05, 3.63) is 53.6 Å². The lowest BCUT2D eigenvalue weighted by Crippen LogP contribution is -2.24. The van der Waals surface area contributed by atoms with Gasteiger partial charge in [-0.2, -0.15) is 0 Å². The normalized spacial score (nSPS) is 11.3. The molecule has 2 rings (SSSR count). The van der Waals surface area contributed by atoms with E-state index >= 15 is 0 Å². The highest BCUT2D eigenvalue weighted by Gasteiger charge is 2.15. The van der Waals surface area contributed by atoms with Gasteiger partial charge < -0.3 is 10.1 Å². The molecule has 158 valence electrons. The Kier molecular flexibility index (Phi) is 8.67. The summed E-state index contributed by atoms with van der Waals surface area (Å²) in [5, 5.41) is 2.80. The van der Waals surface area contributed by atoms with Gasteiger partial charge in [0.15, 0.2) is 6.61 Å². The van der Waals surface area contributed by atoms with Gasteiger partial charge in [0.25, 0.3) is 5.91 Å². The maximum absolute atomic E-state index is 12.2. The lowest BCUT2D eigenvalue weighted by atomic mass is 10.1. The molecule has 7 heteroatoms. The SMILES string of the molecule is CCCCc1ccc(NC(=O)COc2ccc(S(=O)(=O)NCCC)cc2C)cc1. The summed E-state index contributed by atoms with van der Waals surface area (Å²) >= 11 is 0. The topological polar surface area (TPSA) is 84.5 Å². The minimum Gasteiger partial charge on any atom is -0.483 e. The Morgan fingerprint density at radius 1 is 1.03 bits per heavy atom. The summed E-state index contributed by atoms with van der Waals surface area (Å²) < 4.78 is 32.5. The lowest BCUT2D eigenvalue weighted by molar-refractivity contribution is -0.118. The second kappa shape index (κ2) is 11.0. The van der Waals surface area contributed by atoms with Crippen molar-refractivity contribution in [1.29, 1.82) is 0 Å². The van der Waals surface area contributed by atoms with Crippen molar-refractivity contribution in [3.63, 3.8) is 0 Å². The molecule has 2 N–H and O–H groups in total. The summed E-state index contributed by atoms with van der Waals surface area (Å²) in [6.45, 7) is 6.04. The van der Waals surface area contributed by atoms with Crippen molar-refractivity contribution < 1.29 is 17.9 Å². The van der Waals surface area contributed by atoms with Gasteiger partial charge in [-0.05, 0) is 67.6 Å². The van der Waals surface area contributed by atoms with Crippen LogP contribution in [0.4, 0.5) is 5.69 Å². The summed E-state index contributed by atoms with van der Waals surface area (Å²) in [6.07, 6.45) is 4.05. The molecule has 0 atom stereocenters. The number of aryl methyl sites for hydroxylation is 2. The summed E-state index contributed by atoms with van der Waals surface area (Å²) in [6, 6.07) is 12.4. The first kappa shape index (κ1) is 22.9. The molecule has 0 bridgehead atoms. The van der Waals surface area contributed by atoms with E-state index in [4.69, 9.17) is 4.74 Å². The van der Waals surface area contributed by atoms with E-state index in [1.807, 2.05) is 31.2 Å². The van der Waals surface area contributed by atoms with Crippen molar-refractivity contribution >= 4 is 21.6 Å². The van der Waals surface area contributed by atoms with Gasteiger partial charge in [-0.25, -0.2) is 13.1 Å². The van der Waals surface area contributed by atoms with E-state index in [1.54, 1.807) is 19.1 Å². The first-order chi connectivity index (χ1) is 13.9. The van der Waals surface area contributed by atoms with Crippen LogP contribution in [0.25, 0.3) is 0 Å². The van der Waals surface area contributed by atoms with E-state index in [1.165, 1.54) is 11.6 Å². The van der Waals surface area contributed by atoms with Crippen LogP contribution in [-0.4, -0.2) is 27.5 Å². The number of ether oxygens (including phenoxy) is 1. The highest BCUT2D eigenvalue weighted by molar-refractivity contribution is 7.89. The Bertz CT molecular complexity index is 909. The Labute approximate surface area is 173 Å². The number of hydrogen-bond donors (Lipinski definition) is 2. The molecular formula is C22H30N2O4S.